The van der Waals surface area contributed by atoms with Crippen LogP contribution in [0.2, 0.25) is 0 Å². The van der Waals surface area contributed by atoms with Crippen molar-refractivity contribution < 1.29 is 37.1 Å². The molecule has 0 radical (unpaired) electrons. The minimum absolute atomic E-state index is 0.00901. The zero-order valence-corrected chi connectivity index (χ0v) is 24.1. The Hall–Kier alpha value is -4.30. The summed E-state index contributed by atoms with van der Waals surface area (Å²) in [6.07, 6.45) is -0.296. The van der Waals surface area contributed by atoms with Crippen LogP contribution < -0.4 is 10.6 Å². The summed E-state index contributed by atoms with van der Waals surface area (Å²) >= 11 is 0. The normalized spacial score (nSPS) is 12.2. The maximum Gasteiger partial charge on any atom is 0.421 e. The number of aryl methyl sites for hydroxylation is 1. The lowest BCUT2D eigenvalue weighted by Gasteiger charge is -2.19. The number of hydrogen-bond donors (Lipinski definition) is 4. The number of hydrogen-bond acceptors (Lipinski definition) is 9. The number of carbonyl (C=O) groups is 1. The Kier molecular flexibility index (Phi) is 10.1. The maximum absolute atomic E-state index is 14.0. The molecular weight excluding hydrogens is 590 g/mol. The number of alkyl halides is 3. The van der Waals surface area contributed by atoms with Crippen LogP contribution in [-0.4, -0.2) is 61.3 Å². The van der Waals surface area contributed by atoms with Crippen LogP contribution in [0.1, 0.15) is 27.9 Å². The lowest BCUT2D eigenvalue weighted by Crippen LogP contribution is -2.23. The Balaban J connectivity index is 1.66. The number of halogens is 3. The molecule has 1 unspecified atom stereocenters. The fourth-order valence-electron chi connectivity index (χ4n) is 3.95. The van der Waals surface area contributed by atoms with Gasteiger partial charge in [-0.15, -0.1) is 0 Å². The Bertz CT molecular complexity index is 1600. The Morgan fingerprint density at radius 1 is 1.09 bits per heavy atom. The first-order valence-corrected chi connectivity index (χ1v) is 14.1. The molecule has 4 rings (SSSR count). The van der Waals surface area contributed by atoms with Crippen LogP contribution in [0.3, 0.4) is 0 Å². The largest absolute Gasteiger partial charge is 0.421 e. The standard InChI is InChI=1S/C27H29F3N7O5P/c1-36(2)25(39)21-12-18(19-13-32-37(15-19)10-3-11-38)6-9-23(21)34-24-22(27(28,29)30)14-31-26(35-24)33-20-7-4-17(5-8-20)16-42-43(40)41/h4-9,12-15,38,43H,3,10-11,16H2,1-2H3,(H,40,41)(H2,31,33,34,35). The van der Waals surface area contributed by atoms with Gasteiger partial charge in [-0.3, -0.25) is 14.0 Å². The zero-order valence-electron chi connectivity index (χ0n) is 23.1. The van der Waals surface area contributed by atoms with Gasteiger partial charge in [0.15, 0.2) is 0 Å². The molecule has 1 amide bonds. The second-order valence-electron chi connectivity index (χ2n) is 9.48. The predicted octanol–water partition coefficient (Wildman–Crippen LogP) is 4.83. The first kappa shape index (κ1) is 31.6. The van der Waals surface area contributed by atoms with E-state index in [2.05, 4.69) is 25.7 Å². The van der Waals surface area contributed by atoms with E-state index in [-0.39, 0.29) is 30.4 Å². The van der Waals surface area contributed by atoms with Crippen molar-refractivity contribution in [3.8, 4) is 11.1 Å². The van der Waals surface area contributed by atoms with E-state index in [1.807, 2.05) is 0 Å². The predicted molar refractivity (Wildman–Crippen MR) is 153 cm³/mol. The van der Waals surface area contributed by atoms with Crippen LogP contribution >= 0.6 is 8.25 Å². The summed E-state index contributed by atoms with van der Waals surface area (Å²) in [5, 5.41) is 18.8. The van der Waals surface area contributed by atoms with Gasteiger partial charge in [0.05, 0.1) is 24.1 Å². The van der Waals surface area contributed by atoms with Gasteiger partial charge in [0.1, 0.15) is 11.4 Å². The Labute approximate surface area is 245 Å². The molecule has 0 aliphatic rings. The van der Waals surface area contributed by atoms with E-state index >= 15 is 0 Å². The third-order valence-corrected chi connectivity index (χ3v) is 6.48. The molecule has 2 aromatic carbocycles. The van der Waals surface area contributed by atoms with Gasteiger partial charge in [0.25, 0.3) is 5.91 Å². The topological polar surface area (TPSA) is 155 Å². The van der Waals surface area contributed by atoms with E-state index < -0.39 is 31.7 Å². The van der Waals surface area contributed by atoms with Crippen LogP contribution in [0.25, 0.3) is 11.1 Å². The van der Waals surface area contributed by atoms with Crippen molar-refractivity contribution in [3.63, 3.8) is 0 Å². The second kappa shape index (κ2) is 13.8. The molecule has 0 fully saturated rings. The van der Waals surface area contributed by atoms with E-state index in [4.69, 9.17) is 14.5 Å². The Morgan fingerprint density at radius 2 is 1.84 bits per heavy atom. The van der Waals surface area contributed by atoms with Crippen molar-refractivity contribution in [3.05, 3.63) is 77.7 Å². The molecule has 228 valence electrons. The number of aliphatic hydroxyl groups is 1. The summed E-state index contributed by atoms with van der Waals surface area (Å²) in [5.74, 6) is -1.17. The van der Waals surface area contributed by atoms with Crippen molar-refractivity contribution >= 4 is 37.3 Å². The van der Waals surface area contributed by atoms with Crippen molar-refractivity contribution in [1.82, 2.24) is 24.6 Å². The number of nitrogens with zero attached hydrogens (tertiary/aromatic N) is 5. The molecule has 0 saturated carbocycles. The molecule has 0 saturated heterocycles. The summed E-state index contributed by atoms with van der Waals surface area (Å²) in [6.45, 7) is 0.419. The van der Waals surface area contributed by atoms with E-state index in [0.29, 0.717) is 41.5 Å². The lowest BCUT2D eigenvalue weighted by atomic mass is 10.0. The van der Waals surface area contributed by atoms with Gasteiger partial charge >= 0.3 is 14.4 Å². The smallest absolute Gasteiger partial charge is 0.396 e. The van der Waals surface area contributed by atoms with Gasteiger partial charge in [-0.2, -0.15) is 23.3 Å². The Morgan fingerprint density at radius 3 is 2.49 bits per heavy atom. The first-order chi connectivity index (χ1) is 20.4. The summed E-state index contributed by atoms with van der Waals surface area (Å²) in [7, 11) is -0.0301. The number of amides is 1. The molecule has 4 aromatic rings. The molecular formula is C27H29F3N7O5P. The van der Waals surface area contributed by atoms with Gasteiger partial charge in [-0.1, -0.05) is 18.2 Å². The highest BCUT2D eigenvalue weighted by molar-refractivity contribution is 7.32. The van der Waals surface area contributed by atoms with Crippen LogP contribution in [-0.2, 0) is 28.4 Å². The maximum atomic E-state index is 14.0. The van der Waals surface area contributed by atoms with Crippen LogP contribution in [0.15, 0.2) is 61.1 Å². The van der Waals surface area contributed by atoms with Gasteiger partial charge in [0.2, 0.25) is 5.95 Å². The molecule has 0 bridgehead atoms. The van der Waals surface area contributed by atoms with Gasteiger partial charge in [-0.25, -0.2) is 4.98 Å². The zero-order chi connectivity index (χ0) is 31.1. The highest BCUT2D eigenvalue weighted by Crippen LogP contribution is 2.37. The number of rotatable bonds is 12. The summed E-state index contributed by atoms with van der Waals surface area (Å²) in [4.78, 5) is 31.1. The molecule has 0 aliphatic carbocycles. The van der Waals surface area contributed by atoms with Crippen molar-refractivity contribution in [2.75, 3.05) is 31.3 Å². The number of carbonyl (C=O) groups excluding carboxylic acids is 1. The molecule has 0 aliphatic heterocycles. The van der Waals surface area contributed by atoms with E-state index in [1.165, 1.54) is 25.1 Å². The molecule has 0 spiro atoms. The first-order valence-electron chi connectivity index (χ1n) is 12.9. The minimum atomic E-state index is -4.80. The second-order valence-corrected chi connectivity index (χ2v) is 10.3. The average Bonchev–Trinajstić information content (AvgIpc) is 3.44. The molecule has 2 heterocycles. The van der Waals surface area contributed by atoms with E-state index in [9.17, 15) is 22.5 Å². The van der Waals surface area contributed by atoms with Crippen LogP contribution in [0.4, 0.5) is 36.3 Å². The number of aromatic nitrogens is 4. The fourth-order valence-corrected chi connectivity index (χ4v) is 4.24. The average molecular weight is 620 g/mol. The fraction of sp³-hybridized carbons (Fsp3) is 0.259. The van der Waals surface area contributed by atoms with Crippen LogP contribution in [0.5, 0.6) is 0 Å². The van der Waals surface area contributed by atoms with Crippen molar-refractivity contribution in [1.29, 1.82) is 0 Å². The number of benzene rings is 2. The molecule has 43 heavy (non-hydrogen) atoms. The molecule has 4 N–H and O–H groups in total. The monoisotopic (exact) mass is 619 g/mol. The molecule has 16 heteroatoms. The lowest BCUT2D eigenvalue weighted by molar-refractivity contribution is -0.137. The van der Waals surface area contributed by atoms with Gasteiger partial charge in [0, 0.05) is 50.9 Å². The van der Waals surface area contributed by atoms with E-state index in [1.54, 1.807) is 53.5 Å². The van der Waals surface area contributed by atoms with Gasteiger partial charge in [-0.05, 0) is 41.8 Å². The molecule has 12 nitrogen and oxygen atoms in total. The third-order valence-electron chi connectivity index (χ3n) is 6.09. The third kappa shape index (κ3) is 8.38. The van der Waals surface area contributed by atoms with Crippen molar-refractivity contribution in [2.45, 2.75) is 25.7 Å². The van der Waals surface area contributed by atoms with Crippen LogP contribution in [0, 0.1) is 0 Å². The minimum Gasteiger partial charge on any atom is -0.396 e. The summed E-state index contributed by atoms with van der Waals surface area (Å²) < 4.78 is 59.0. The highest BCUT2D eigenvalue weighted by Gasteiger charge is 2.35. The summed E-state index contributed by atoms with van der Waals surface area (Å²) in [5.41, 5.74) is 1.42. The number of nitrogens with one attached hydrogen (secondary N) is 2. The number of anilines is 4. The van der Waals surface area contributed by atoms with Crippen molar-refractivity contribution in [2.24, 2.45) is 0 Å². The molecule has 1 atom stereocenters. The summed E-state index contributed by atoms with van der Waals surface area (Å²) in [6, 6.07) is 11.1. The molecule has 2 aromatic heterocycles. The SMILES string of the molecule is CN(C)C(=O)c1cc(-c2cnn(CCCO)c2)ccc1Nc1nc(Nc2ccc(CO[PH](=O)O)cc2)ncc1C(F)(F)F. The highest BCUT2D eigenvalue weighted by atomic mass is 31.1. The van der Waals surface area contributed by atoms with E-state index in [0.717, 1.165) is 0 Å². The number of aliphatic hydroxyl groups excluding tert-OH is 1. The quantitative estimate of drug-likeness (QED) is 0.162. The van der Waals surface area contributed by atoms with Gasteiger partial charge < -0.3 is 30.1 Å².